The number of hydrogen-bond acceptors (Lipinski definition) is 4. The standard InChI is InChI=1S/C2H4O2S.H4N2/c3-2(4)1-5;1-2/h5H,1H2,(H,3,4);1-2H2. The number of hydrogen-bond donors (Lipinski definition) is 3. The van der Waals surface area contributed by atoms with E-state index < -0.39 is 5.97 Å². The minimum Gasteiger partial charge on any atom is -0.549 e. The van der Waals surface area contributed by atoms with Gasteiger partial charge in [-0.2, -0.15) is 18.5 Å². The molecule has 0 aliphatic carbocycles. The molecular formula is C2H8N2O2S. The molecule has 0 aliphatic rings. The number of thiol groups is 1. The Morgan fingerprint density at radius 1 is 1.86 bits per heavy atom. The molecule has 0 bridgehead atoms. The highest BCUT2D eigenvalue weighted by Crippen LogP contribution is 1.62. The molecule has 0 aromatic heterocycles. The number of carboxylic acid groups (broad SMARTS) is 1. The summed E-state index contributed by atoms with van der Waals surface area (Å²) in [5.74, 6) is 5.67. The molecule has 0 heterocycles. The van der Waals surface area contributed by atoms with E-state index in [-0.39, 0.29) is 5.75 Å². The first-order valence-electron chi connectivity index (χ1n) is 1.49. The van der Waals surface area contributed by atoms with Gasteiger partial charge in [0.25, 0.3) is 0 Å². The predicted octanol–water partition coefficient (Wildman–Crippen LogP) is -3.23. The van der Waals surface area contributed by atoms with Crippen molar-refractivity contribution >= 4 is 18.6 Å². The van der Waals surface area contributed by atoms with E-state index >= 15 is 0 Å². The number of carbonyl (C=O) groups is 1. The first-order valence-corrected chi connectivity index (χ1v) is 2.12. The highest BCUT2D eigenvalue weighted by molar-refractivity contribution is 7.81. The lowest BCUT2D eigenvalue weighted by atomic mass is 10.8. The third-order valence-corrected chi connectivity index (χ3v) is 0.387. The molecule has 0 rings (SSSR count). The van der Waals surface area contributed by atoms with Crippen LogP contribution < -0.4 is 16.8 Å². The molecule has 5 heteroatoms. The molecule has 4 nitrogen and oxygen atoms in total. The Labute approximate surface area is 46.9 Å². The van der Waals surface area contributed by atoms with E-state index in [0.717, 1.165) is 0 Å². The van der Waals surface area contributed by atoms with Crippen molar-refractivity contribution in [3.63, 3.8) is 0 Å². The van der Waals surface area contributed by atoms with Gasteiger partial charge in [0, 0.05) is 5.75 Å². The van der Waals surface area contributed by atoms with E-state index in [4.69, 9.17) is 0 Å². The van der Waals surface area contributed by atoms with Crippen molar-refractivity contribution in [3.8, 4) is 0 Å². The largest absolute Gasteiger partial charge is 0.549 e. The summed E-state index contributed by atoms with van der Waals surface area (Å²) in [5, 5.41) is 9.18. The van der Waals surface area contributed by atoms with Crippen LogP contribution in [0.3, 0.4) is 0 Å². The molecule has 0 amide bonds. The molecule has 0 atom stereocenters. The van der Waals surface area contributed by atoms with Crippen LogP contribution in [0.1, 0.15) is 0 Å². The van der Waals surface area contributed by atoms with Crippen LogP contribution in [-0.4, -0.2) is 11.7 Å². The number of rotatable bonds is 1. The normalized spacial score (nSPS) is 6.14. The van der Waals surface area contributed by atoms with E-state index in [1.54, 1.807) is 0 Å². The smallest absolute Gasteiger partial charge is 0.0510 e. The Morgan fingerprint density at radius 2 is 2.00 bits per heavy atom. The maximum Gasteiger partial charge on any atom is 0.0510 e. The van der Waals surface area contributed by atoms with Gasteiger partial charge < -0.3 is 9.90 Å². The van der Waals surface area contributed by atoms with Gasteiger partial charge in [-0.25, -0.2) is 0 Å². The molecule has 5 N–H and O–H groups in total. The van der Waals surface area contributed by atoms with Gasteiger partial charge in [0.2, 0.25) is 0 Å². The van der Waals surface area contributed by atoms with Crippen molar-refractivity contribution in [1.29, 1.82) is 0 Å². The topological polar surface area (TPSA) is 93.8 Å². The monoisotopic (exact) mass is 124 g/mol. The molecule has 0 radical (unpaired) electrons. The molecule has 0 fully saturated rings. The second kappa shape index (κ2) is 9.22. The van der Waals surface area contributed by atoms with Crippen LogP contribution in [0.4, 0.5) is 0 Å². The fourth-order valence-corrected chi connectivity index (χ4v) is 0. The third kappa shape index (κ3) is 26.5. The lowest BCUT2D eigenvalue weighted by Crippen LogP contribution is -2.59. The summed E-state index contributed by atoms with van der Waals surface area (Å²) >= 11 is 3.35. The molecule has 0 aliphatic heterocycles. The van der Waals surface area contributed by atoms with E-state index in [2.05, 4.69) is 24.3 Å². The van der Waals surface area contributed by atoms with Gasteiger partial charge in [-0.3, -0.25) is 5.84 Å². The summed E-state index contributed by atoms with van der Waals surface area (Å²) < 4.78 is 0. The Bertz CT molecular complexity index is 49.0. The van der Waals surface area contributed by atoms with Crippen molar-refractivity contribution < 1.29 is 15.7 Å². The maximum absolute atomic E-state index is 9.18. The zero-order chi connectivity index (χ0) is 6.28. The second-order valence-corrected chi connectivity index (χ2v) is 0.846. The number of carbonyl (C=O) groups excluding carboxylic acids is 1. The minimum absolute atomic E-state index is 0.194. The van der Waals surface area contributed by atoms with E-state index in [1.807, 2.05) is 0 Å². The molecule has 7 heavy (non-hydrogen) atoms. The van der Waals surface area contributed by atoms with E-state index in [9.17, 15) is 9.90 Å². The SMILES string of the molecule is N[NH3+].O=C([O-])CS. The number of quaternary nitrogens is 1. The van der Waals surface area contributed by atoms with Gasteiger partial charge >= 0.3 is 0 Å². The molecule has 0 unspecified atom stereocenters. The highest BCUT2D eigenvalue weighted by atomic mass is 32.1. The molecule has 0 saturated carbocycles. The van der Waals surface area contributed by atoms with Crippen molar-refractivity contribution in [2.45, 2.75) is 0 Å². The Kier molecular flexibility index (Phi) is 13.0. The molecule has 0 spiro atoms. The maximum atomic E-state index is 9.18. The van der Waals surface area contributed by atoms with Gasteiger partial charge in [0.15, 0.2) is 0 Å². The first kappa shape index (κ1) is 9.88. The van der Waals surface area contributed by atoms with Crippen LogP contribution in [0.25, 0.3) is 0 Å². The van der Waals surface area contributed by atoms with Crippen molar-refractivity contribution in [1.82, 2.24) is 0 Å². The highest BCUT2D eigenvalue weighted by Gasteiger charge is 1.66. The molecule has 0 saturated heterocycles. The molecular weight excluding hydrogens is 116 g/mol. The third-order valence-electron chi connectivity index (χ3n) is 0.129. The summed E-state index contributed by atoms with van der Waals surface area (Å²) in [6, 6.07) is 0. The fraction of sp³-hybridized carbons (Fsp3) is 0.500. The fourth-order valence-electron chi connectivity index (χ4n) is 0. The van der Waals surface area contributed by atoms with Gasteiger partial charge in [-0.1, -0.05) is 0 Å². The second-order valence-electron chi connectivity index (χ2n) is 0.530. The quantitative estimate of drug-likeness (QED) is 0.195. The van der Waals surface area contributed by atoms with Crippen LogP contribution in [0.15, 0.2) is 0 Å². The van der Waals surface area contributed by atoms with Crippen LogP contribution in [-0.2, 0) is 4.79 Å². The number of carboxylic acids is 1. The number of nitrogens with two attached hydrogens (primary N) is 1. The van der Waals surface area contributed by atoms with Gasteiger partial charge in [0.1, 0.15) is 0 Å². The van der Waals surface area contributed by atoms with Gasteiger partial charge in [-0.05, 0) is 0 Å². The zero-order valence-electron chi connectivity index (χ0n) is 3.76. The Morgan fingerprint density at radius 3 is 2.00 bits per heavy atom. The van der Waals surface area contributed by atoms with Crippen molar-refractivity contribution in [2.24, 2.45) is 5.84 Å². The Hall–Kier alpha value is -0.260. The molecule has 0 aromatic rings. The van der Waals surface area contributed by atoms with E-state index in [0.29, 0.717) is 0 Å². The summed E-state index contributed by atoms with van der Waals surface area (Å²) in [5.41, 5.74) is 0. The molecule has 44 valence electrons. The van der Waals surface area contributed by atoms with Crippen LogP contribution in [0, 0.1) is 0 Å². The zero-order valence-corrected chi connectivity index (χ0v) is 4.65. The Balaban J connectivity index is 0. The predicted molar refractivity (Wildman–Crippen MR) is 25.9 cm³/mol. The summed E-state index contributed by atoms with van der Waals surface area (Å²) in [7, 11) is 0. The lowest BCUT2D eigenvalue weighted by molar-refractivity contribution is -0.379. The summed E-state index contributed by atoms with van der Waals surface area (Å²) in [6.07, 6.45) is 0. The minimum atomic E-state index is -1.13. The molecule has 0 aromatic carbocycles. The van der Waals surface area contributed by atoms with Crippen LogP contribution in [0.2, 0.25) is 0 Å². The van der Waals surface area contributed by atoms with Gasteiger partial charge in [0.05, 0.1) is 5.97 Å². The average Bonchev–Trinajstić information content (AvgIpc) is 1.73. The van der Waals surface area contributed by atoms with Crippen molar-refractivity contribution in [2.75, 3.05) is 5.75 Å². The average molecular weight is 124 g/mol. The number of aliphatic carboxylic acids is 1. The van der Waals surface area contributed by atoms with Crippen LogP contribution >= 0.6 is 12.6 Å². The van der Waals surface area contributed by atoms with Crippen LogP contribution in [0.5, 0.6) is 0 Å². The van der Waals surface area contributed by atoms with E-state index in [1.165, 1.54) is 0 Å². The van der Waals surface area contributed by atoms with Crippen molar-refractivity contribution in [3.05, 3.63) is 0 Å². The summed E-state index contributed by atoms with van der Waals surface area (Å²) in [6.45, 7) is 0. The van der Waals surface area contributed by atoms with Gasteiger partial charge in [-0.15, -0.1) is 0 Å². The summed E-state index contributed by atoms with van der Waals surface area (Å²) in [4.78, 5) is 9.18. The first-order chi connectivity index (χ1) is 3.27. The lowest BCUT2D eigenvalue weighted by Gasteiger charge is -1.86.